The fourth-order valence-corrected chi connectivity index (χ4v) is 1.63. The van der Waals surface area contributed by atoms with E-state index in [4.69, 9.17) is 14.6 Å². The van der Waals surface area contributed by atoms with Crippen molar-refractivity contribution < 1.29 is 8.83 Å². The summed E-state index contributed by atoms with van der Waals surface area (Å²) in [5.74, 6) is 2.11. The zero-order chi connectivity index (χ0) is 10.8. The molecule has 0 aliphatic carbocycles. The molecule has 0 aliphatic rings. The Kier molecular flexibility index (Phi) is 2.60. The lowest BCUT2D eigenvalue weighted by Gasteiger charge is -1.97. The standard InChI is InChI=1S/C11H14N2O2/c1-7-10(15-8(2)13-7)11-9(3-5-12)4-6-14-11/h4,6H,3,5,12H2,1-2H3. The minimum Gasteiger partial charge on any atom is -0.461 e. The zero-order valence-corrected chi connectivity index (χ0v) is 8.91. The molecule has 0 atom stereocenters. The van der Waals surface area contributed by atoms with E-state index in [1.165, 1.54) is 0 Å². The van der Waals surface area contributed by atoms with Crippen molar-refractivity contribution in [2.75, 3.05) is 6.54 Å². The van der Waals surface area contributed by atoms with Crippen molar-refractivity contribution in [1.29, 1.82) is 0 Å². The number of nitrogens with two attached hydrogens (primary N) is 1. The molecule has 0 amide bonds. The molecule has 2 rings (SSSR count). The van der Waals surface area contributed by atoms with Gasteiger partial charge in [0.2, 0.25) is 0 Å². The van der Waals surface area contributed by atoms with E-state index in [0.717, 1.165) is 23.4 Å². The number of furan rings is 1. The van der Waals surface area contributed by atoms with Crippen LogP contribution in [0, 0.1) is 13.8 Å². The number of rotatable bonds is 3. The molecular formula is C11H14N2O2. The van der Waals surface area contributed by atoms with Crippen LogP contribution in [0.1, 0.15) is 17.1 Å². The summed E-state index contributed by atoms with van der Waals surface area (Å²) in [6, 6.07) is 1.92. The lowest BCUT2D eigenvalue weighted by Crippen LogP contribution is -2.02. The number of hydrogen-bond acceptors (Lipinski definition) is 4. The molecule has 0 aliphatic heterocycles. The molecule has 2 aromatic heterocycles. The Morgan fingerprint density at radius 1 is 1.33 bits per heavy atom. The van der Waals surface area contributed by atoms with Crippen LogP contribution in [0.15, 0.2) is 21.2 Å². The highest BCUT2D eigenvalue weighted by Crippen LogP contribution is 2.28. The maximum Gasteiger partial charge on any atom is 0.193 e. The third-order valence-corrected chi connectivity index (χ3v) is 2.27. The molecule has 0 fully saturated rings. The molecule has 0 radical (unpaired) electrons. The number of aromatic nitrogens is 1. The molecule has 0 saturated carbocycles. The van der Waals surface area contributed by atoms with Gasteiger partial charge in [-0.15, -0.1) is 0 Å². The normalized spacial score (nSPS) is 10.9. The Hall–Kier alpha value is -1.55. The van der Waals surface area contributed by atoms with Crippen LogP contribution in [0.25, 0.3) is 11.5 Å². The van der Waals surface area contributed by atoms with Crippen molar-refractivity contribution in [1.82, 2.24) is 4.98 Å². The summed E-state index contributed by atoms with van der Waals surface area (Å²) in [6.45, 7) is 4.32. The Morgan fingerprint density at radius 3 is 2.73 bits per heavy atom. The predicted molar refractivity (Wildman–Crippen MR) is 56.4 cm³/mol. The molecule has 0 aromatic carbocycles. The van der Waals surface area contributed by atoms with Gasteiger partial charge in [0.1, 0.15) is 0 Å². The van der Waals surface area contributed by atoms with Gasteiger partial charge in [-0.3, -0.25) is 0 Å². The predicted octanol–water partition coefficient (Wildman–Crippen LogP) is 2.05. The van der Waals surface area contributed by atoms with E-state index >= 15 is 0 Å². The van der Waals surface area contributed by atoms with Gasteiger partial charge in [-0.05, 0) is 26.0 Å². The van der Waals surface area contributed by atoms with Gasteiger partial charge in [-0.25, -0.2) is 4.98 Å². The number of nitrogens with zero attached hydrogens (tertiary/aromatic N) is 1. The summed E-state index contributed by atoms with van der Waals surface area (Å²) in [5, 5.41) is 0. The van der Waals surface area contributed by atoms with Crippen LogP contribution in [0.4, 0.5) is 0 Å². The highest BCUT2D eigenvalue weighted by molar-refractivity contribution is 5.57. The van der Waals surface area contributed by atoms with Gasteiger partial charge in [0, 0.05) is 12.5 Å². The molecule has 0 bridgehead atoms. The summed E-state index contributed by atoms with van der Waals surface area (Å²) in [4.78, 5) is 4.21. The summed E-state index contributed by atoms with van der Waals surface area (Å²) in [7, 11) is 0. The van der Waals surface area contributed by atoms with E-state index in [9.17, 15) is 0 Å². The highest BCUT2D eigenvalue weighted by atomic mass is 16.4. The lowest BCUT2D eigenvalue weighted by molar-refractivity contribution is 0.498. The maximum absolute atomic E-state index is 5.52. The van der Waals surface area contributed by atoms with Gasteiger partial charge < -0.3 is 14.6 Å². The van der Waals surface area contributed by atoms with Crippen molar-refractivity contribution in [2.24, 2.45) is 5.73 Å². The van der Waals surface area contributed by atoms with Crippen LogP contribution in [0.3, 0.4) is 0 Å². The Labute approximate surface area is 88.1 Å². The molecule has 0 saturated heterocycles. The van der Waals surface area contributed by atoms with Gasteiger partial charge in [0.05, 0.1) is 12.0 Å². The SMILES string of the molecule is Cc1nc(C)c(-c2occc2CCN)o1. The first kappa shape index (κ1) is 9.98. The third-order valence-electron chi connectivity index (χ3n) is 2.27. The third kappa shape index (κ3) is 1.80. The molecule has 2 N–H and O–H groups in total. The summed E-state index contributed by atoms with van der Waals surface area (Å²) >= 11 is 0. The zero-order valence-electron chi connectivity index (χ0n) is 8.91. The first-order valence-electron chi connectivity index (χ1n) is 4.93. The van der Waals surface area contributed by atoms with Gasteiger partial charge in [-0.2, -0.15) is 0 Å². The van der Waals surface area contributed by atoms with Gasteiger partial charge >= 0.3 is 0 Å². The smallest absolute Gasteiger partial charge is 0.193 e. The Bertz CT molecular complexity index is 457. The Morgan fingerprint density at radius 2 is 2.13 bits per heavy atom. The first-order chi connectivity index (χ1) is 7.22. The van der Waals surface area contributed by atoms with Crippen LogP contribution in [-0.4, -0.2) is 11.5 Å². The quantitative estimate of drug-likeness (QED) is 0.834. The van der Waals surface area contributed by atoms with E-state index in [1.54, 1.807) is 6.26 Å². The van der Waals surface area contributed by atoms with Crippen molar-refractivity contribution in [3.63, 3.8) is 0 Å². The van der Waals surface area contributed by atoms with E-state index in [2.05, 4.69) is 4.98 Å². The van der Waals surface area contributed by atoms with Gasteiger partial charge in [-0.1, -0.05) is 0 Å². The van der Waals surface area contributed by atoms with Crippen LogP contribution in [0.5, 0.6) is 0 Å². The second-order valence-electron chi connectivity index (χ2n) is 3.46. The average molecular weight is 206 g/mol. The molecule has 2 aromatic rings. The fourth-order valence-electron chi connectivity index (χ4n) is 1.63. The fraction of sp³-hybridized carbons (Fsp3) is 0.364. The van der Waals surface area contributed by atoms with Crippen molar-refractivity contribution in [3.05, 3.63) is 29.5 Å². The van der Waals surface area contributed by atoms with E-state index < -0.39 is 0 Å². The number of oxazole rings is 1. The second-order valence-corrected chi connectivity index (χ2v) is 3.46. The van der Waals surface area contributed by atoms with Crippen LogP contribution >= 0.6 is 0 Å². The summed E-state index contributed by atoms with van der Waals surface area (Å²) in [5.41, 5.74) is 7.44. The van der Waals surface area contributed by atoms with Crippen molar-refractivity contribution >= 4 is 0 Å². The minimum atomic E-state index is 0.596. The number of aryl methyl sites for hydroxylation is 2. The molecule has 4 nitrogen and oxygen atoms in total. The largest absolute Gasteiger partial charge is 0.461 e. The highest BCUT2D eigenvalue weighted by Gasteiger charge is 2.16. The molecule has 0 unspecified atom stereocenters. The van der Waals surface area contributed by atoms with Crippen LogP contribution < -0.4 is 5.73 Å². The maximum atomic E-state index is 5.52. The summed E-state index contributed by atoms with van der Waals surface area (Å²) < 4.78 is 10.9. The molecular weight excluding hydrogens is 192 g/mol. The Balaban J connectivity index is 2.44. The average Bonchev–Trinajstić information content (AvgIpc) is 2.73. The molecule has 0 spiro atoms. The van der Waals surface area contributed by atoms with Crippen molar-refractivity contribution in [2.45, 2.75) is 20.3 Å². The van der Waals surface area contributed by atoms with Gasteiger partial charge in [0.15, 0.2) is 17.4 Å². The lowest BCUT2D eigenvalue weighted by atomic mass is 10.1. The van der Waals surface area contributed by atoms with E-state index in [0.29, 0.717) is 18.2 Å². The molecule has 2 heterocycles. The van der Waals surface area contributed by atoms with Crippen LogP contribution in [0.2, 0.25) is 0 Å². The molecule has 4 heteroatoms. The minimum absolute atomic E-state index is 0.596. The first-order valence-corrected chi connectivity index (χ1v) is 4.93. The topological polar surface area (TPSA) is 65.2 Å². The monoisotopic (exact) mass is 206 g/mol. The van der Waals surface area contributed by atoms with E-state index in [-0.39, 0.29) is 0 Å². The van der Waals surface area contributed by atoms with Crippen LogP contribution in [-0.2, 0) is 6.42 Å². The molecule has 80 valence electrons. The van der Waals surface area contributed by atoms with Crippen molar-refractivity contribution in [3.8, 4) is 11.5 Å². The van der Waals surface area contributed by atoms with Gasteiger partial charge in [0.25, 0.3) is 0 Å². The second kappa shape index (κ2) is 3.90. The summed E-state index contributed by atoms with van der Waals surface area (Å²) in [6.07, 6.45) is 2.43. The molecule has 15 heavy (non-hydrogen) atoms. The number of hydrogen-bond donors (Lipinski definition) is 1. The van der Waals surface area contributed by atoms with E-state index in [1.807, 2.05) is 19.9 Å².